The lowest BCUT2D eigenvalue weighted by Crippen LogP contribution is -2.48. The van der Waals surface area contributed by atoms with Crippen molar-refractivity contribution >= 4 is 11.8 Å². The number of hydrogen-bond acceptors (Lipinski definition) is 3. The number of nitrogens with zero attached hydrogens (tertiary/aromatic N) is 2. The number of rotatable bonds is 7. The van der Waals surface area contributed by atoms with Gasteiger partial charge in [0, 0.05) is 56.8 Å². The molecule has 1 heterocycles. The lowest BCUT2D eigenvalue weighted by molar-refractivity contribution is -0.130. The molecule has 0 atom stereocenters. The van der Waals surface area contributed by atoms with Crippen molar-refractivity contribution in [3.63, 3.8) is 0 Å². The molecule has 3 rings (SSSR count). The number of carbonyl (C=O) groups excluding carboxylic acids is 2. The van der Waals surface area contributed by atoms with Crippen LogP contribution in [0.3, 0.4) is 0 Å². The molecule has 2 aromatic rings. The van der Waals surface area contributed by atoms with E-state index < -0.39 is 11.6 Å². The molecule has 0 radical (unpaired) electrons. The van der Waals surface area contributed by atoms with Gasteiger partial charge in [-0.1, -0.05) is 12.1 Å². The van der Waals surface area contributed by atoms with Gasteiger partial charge in [-0.25, -0.2) is 8.78 Å². The van der Waals surface area contributed by atoms with E-state index in [2.05, 4.69) is 10.2 Å². The summed E-state index contributed by atoms with van der Waals surface area (Å²) in [5.41, 5.74) is 1.39. The van der Waals surface area contributed by atoms with Gasteiger partial charge >= 0.3 is 0 Å². The first-order valence-corrected chi connectivity index (χ1v) is 10.3. The van der Waals surface area contributed by atoms with Crippen LogP contribution in [0.2, 0.25) is 0 Å². The molecule has 1 saturated heterocycles. The van der Waals surface area contributed by atoms with Gasteiger partial charge in [-0.3, -0.25) is 14.5 Å². The van der Waals surface area contributed by atoms with Gasteiger partial charge in [-0.2, -0.15) is 0 Å². The van der Waals surface area contributed by atoms with Crippen molar-refractivity contribution in [3.05, 3.63) is 59.7 Å². The third-order valence-electron chi connectivity index (χ3n) is 5.39. The van der Waals surface area contributed by atoms with Crippen molar-refractivity contribution < 1.29 is 18.4 Å². The van der Waals surface area contributed by atoms with E-state index in [-0.39, 0.29) is 11.8 Å². The zero-order valence-corrected chi connectivity index (χ0v) is 17.2. The maximum absolute atomic E-state index is 13.9. The highest BCUT2D eigenvalue weighted by atomic mass is 19.1. The van der Waals surface area contributed by atoms with Gasteiger partial charge in [0.1, 0.15) is 11.6 Å². The Balaban J connectivity index is 1.38. The minimum atomic E-state index is -0.630. The zero-order valence-electron chi connectivity index (χ0n) is 17.2. The molecule has 1 aliphatic rings. The second-order valence-electron chi connectivity index (χ2n) is 7.51. The monoisotopic (exact) mass is 415 g/mol. The highest BCUT2D eigenvalue weighted by molar-refractivity contribution is 5.94. The first-order chi connectivity index (χ1) is 14.4. The van der Waals surface area contributed by atoms with Crippen LogP contribution in [0.15, 0.2) is 42.5 Å². The molecule has 30 heavy (non-hydrogen) atoms. The number of nitrogens with one attached hydrogen (secondary N) is 1. The number of halogens is 2. The third-order valence-corrected chi connectivity index (χ3v) is 5.39. The van der Waals surface area contributed by atoms with E-state index in [0.717, 1.165) is 51.6 Å². The highest BCUT2D eigenvalue weighted by Gasteiger charge is 2.17. The number of amides is 2. The minimum absolute atomic E-state index is 0.133. The van der Waals surface area contributed by atoms with E-state index in [1.165, 1.54) is 12.1 Å². The van der Waals surface area contributed by atoms with Crippen LogP contribution in [0.25, 0.3) is 11.1 Å². The molecule has 0 aliphatic carbocycles. The van der Waals surface area contributed by atoms with Crippen LogP contribution in [-0.4, -0.2) is 60.9 Å². The maximum atomic E-state index is 13.9. The molecule has 5 nitrogen and oxygen atoms in total. The predicted octanol–water partition coefficient (Wildman–Crippen LogP) is 3.31. The number of piperazine rings is 1. The Bertz CT molecular complexity index is 879. The standard InChI is InChI=1S/C23H27F2N3O2/c1-17(29)28-14-12-27(13-15-28)11-3-2-10-26-23(30)19-6-4-18(5-7-19)21-9-8-20(24)16-22(21)25/h4-9,16H,2-3,10-15H2,1H3,(H,26,30). The normalized spacial score (nSPS) is 14.6. The molecule has 0 spiro atoms. The van der Waals surface area contributed by atoms with Crippen molar-refractivity contribution in [2.75, 3.05) is 39.3 Å². The van der Waals surface area contributed by atoms with Gasteiger partial charge < -0.3 is 10.2 Å². The Labute approximate surface area is 175 Å². The summed E-state index contributed by atoms with van der Waals surface area (Å²) in [4.78, 5) is 27.8. The second kappa shape index (κ2) is 10.3. The van der Waals surface area contributed by atoms with Crippen LogP contribution >= 0.6 is 0 Å². The molecule has 0 unspecified atom stereocenters. The van der Waals surface area contributed by atoms with E-state index in [9.17, 15) is 18.4 Å². The third kappa shape index (κ3) is 5.86. The van der Waals surface area contributed by atoms with Gasteiger partial charge in [-0.05, 0) is 49.2 Å². The lowest BCUT2D eigenvalue weighted by Gasteiger charge is -2.34. The average molecular weight is 415 g/mol. The van der Waals surface area contributed by atoms with E-state index in [0.29, 0.717) is 23.2 Å². The Hall–Kier alpha value is -2.80. The molecule has 0 bridgehead atoms. The molecule has 0 aromatic heterocycles. The summed E-state index contributed by atoms with van der Waals surface area (Å²) in [6, 6.07) is 10.0. The molecule has 7 heteroatoms. The lowest BCUT2D eigenvalue weighted by atomic mass is 10.0. The van der Waals surface area contributed by atoms with E-state index in [4.69, 9.17) is 0 Å². The summed E-state index contributed by atoms with van der Waals surface area (Å²) in [6.07, 6.45) is 1.85. The molecular formula is C23H27F2N3O2. The Kier molecular flexibility index (Phi) is 7.52. The van der Waals surface area contributed by atoms with E-state index in [1.807, 2.05) is 4.90 Å². The number of carbonyl (C=O) groups is 2. The average Bonchev–Trinajstić information content (AvgIpc) is 2.74. The predicted molar refractivity (Wildman–Crippen MR) is 112 cm³/mol. The van der Waals surface area contributed by atoms with Crippen molar-refractivity contribution in [2.24, 2.45) is 0 Å². The summed E-state index contributed by atoms with van der Waals surface area (Å²) in [6.45, 7) is 6.50. The van der Waals surface area contributed by atoms with Gasteiger partial charge in [0.25, 0.3) is 5.91 Å². The zero-order chi connectivity index (χ0) is 21.5. The van der Waals surface area contributed by atoms with Crippen LogP contribution in [0.4, 0.5) is 8.78 Å². The second-order valence-corrected chi connectivity index (χ2v) is 7.51. The fourth-order valence-corrected chi connectivity index (χ4v) is 3.58. The molecule has 1 aliphatic heterocycles. The topological polar surface area (TPSA) is 52.7 Å². The van der Waals surface area contributed by atoms with Crippen molar-refractivity contribution in [3.8, 4) is 11.1 Å². The number of unbranched alkanes of at least 4 members (excludes halogenated alkanes) is 1. The Morgan fingerprint density at radius 1 is 0.967 bits per heavy atom. The van der Waals surface area contributed by atoms with Crippen LogP contribution < -0.4 is 5.32 Å². The van der Waals surface area contributed by atoms with Crippen molar-refractivity contribution in [1.82, 2.24) is 15.1 Å². The van der Waals surface area contributed by atoms with Crippen LogP contribution in [0.5, 0.6) is 0 Å². The summed E-state index contributed by atoms with van der Waals surface area (Å²) in [5, 5.41) is 2.90. The van der Waals surface area contributed by atoms with Crippen molar-refractivity contribution in [1.29, 1.82) is 0 Å². The SMILES string of the molecule is CC(=O)N1CCN(CCCCNC(=O)c2ccc(-c3ccc(F)cc3F)cc2)CC1. The van der Waals surface area contributed by atoms with Crippen LogP contribution in [-0.2, 0) is 4.79 Å². The van der Waals surface area contributed by atoms with E-state index >= 15 is 0 Å². The summed E-state index contributed by atoms with van der Waals surface area (Å²) in [7, 11) is 0. The molecule has 2 amide bonds. The smallest absolute Gasteiger partial charge is 0.251 e. The molecule has 160 valence electrons. The molecule has 2 aromatic carbocycles. The molecule has 0 saturated carbocycles. The largest absolute Gasteiger partial charge is 0.352 e. The summed E-state index contributed by atoms with van der Waals surface area (Å²) < 4.78 is 26.9. The fourth-order valence-electron chi connectivity index (χ4n) is 3.58. The first-order valence-electron chi connectivity index (χ1n) is 10.3. The van der Waals surface area contributed by atoms with Gasteiger partial charge in [0.15, 0.2) is 0 Å². The quantitative estimate of drug-likeness (QED) is 0.706. The molecule has 1 fully saturated rings. The van der Waals surface area contributed by atoms with Crippen molar-refractivity contribution in [2.45, 2.75) is 19.8 Å². The first kappa shape index (κ1) is 21.9. The number of benzene rings is 2. The Morgan fingerprint density at radius 2 is 1.67 bits per heavy atom. The van der Waals surface area contributed by atoms with E-state index in [1.54, 1.807) is 31.2 Å². The Morgan fingerprint density at radius 3 is 2.30 bits per heavy atom. The van der Waals surface area contributed by atoms with Gasteiger partial charge in [-0.15, -0.1) is 0 Å². The minimum Gasteiger partial charge on any atom is -0.352 e. The summed E-state index contributed by atoms with van der Waals surface area (Å²) >= 11 is 0. The molecular weight excluding hydrogens is 388 g/mol. The highest BCUT2D eigenvalue weighted by Crippen LogP contribution is 2.23. The van der Waals surface area contributed by atoms with Gasteiger partial charge in [0.2, 0.25) is 5.91 Å². The van der Waals surface area contributed by atoms with Crippen LogP contribution in [0, 0.1) is 11.6 Å². The van der Waals surface area contributed by atoms with Crippen LogP contribution in [0.1, 0.15) is 30.1 Å². The summed E-state index contributed by atoms with van der Waals surface area (Å²) in [5.74, 6) is -1.29. The number of hydrogen-bond donors (Lipinski definition) is 1. The van der Waals surface area contributed by atoms with Gasteiger partial charge in [0.05, 0.1) is 0 Å². The maximum Gasteiger partial charge on any atom is 0.251 e. The fraction of sp³-hybridized carbons (Fsp3) is 0.391. The molecule has 1 N–H and O–H groups in total.